The van der Waals surface area contributed by atoms with Crippen LogP contribution in [-0.4, -0.2) is 89.8 Å². The molecule has 0 heterocycles. The van der Waals surface area contributed by atoms with E-state index in [0.29, 0.717) is 13.2 Å². The van der Waals surface area contributed by atoms with E-state index >= 15 is 0 Å². The maximum atomic E-state index is 10.6. The van der Waals surface area contributed by atoms with Crippen LogP contribution in [0.25, 0.3) is 0 Å². The number of hydrogen-bond acceptors (Lipinski definition) is 11. The second kappa shape index (κ2) is 31.6. The lowest BCUT2D eigenvalue weighted by Crippen LogP contribution is -2.25. The fraction of sp³-hybridized carbons (Fsp3) is 0.875. The second-order valence-corrected chi connectivity index (χ2v) is 9.62. The highest BCUT2D eigenvalue weighted by Gasteiger charge is 1.99. The number of alkyl carbamates (subject to hydrolysis) is 1. The maximum Gasteiger partial charge on any atom is 0.508 e. The first-order chi connectivity index (χ1) is 13.6. The summed E-state index contributed by atoms with van der Waals surface area (Å²) in [5.41, 5.74) is 0. The molecule has 0 bridgehead atoms. The van der Waals surface area contributed by atoms with Crippen LogP contribution in [0.15, 0.2) is 0 Å². The first kappa shape index (κ1) is 32.5. The van der Waals surface area contributed by atoms with E-state index in [0.717, 1.165) is 36.1 Å². The minimum Gasteiger partial charge on any atom is -0.453 e. The van der Waals surface area contributed by atoms with Crippen LogP contribution in [0.1, 0.15) is 18.1 Å². The topological polar surface area (TPSA) is 97.9 Å². The van der Waals surface area contributed by atoms with E-state index in [-0.39, 0.29) is 10.4 Å². The van der Waals surface area contributed by atoms with Gasteiger partial charge in [0.05, 0.1) is 14.2 Å². The van der Waals surface area contributed by atoms with E-state index in [1.54, 1.807) is 43.2 Å². The van der Waals surface area contributed by atoms with Crippen molar-refractivity contribution in [1.29, 1.82) is 0 Å². The molecule has 0 fully saturated rings. The van der Waals surface area contributed by atoms with Crippen molar-refractivity contribution in [1.82, 2.24) is 16.0 Å². The Morgan fingerprint density at radius 3 is 1.68 bits per heavy atom. The summed E-state index contributed by atoms with van der Waals surface area (Å²) in [5, 5.41) is 8.72. The van der Waals surface area contributed by atoms with Crippen molar-refractivity contribution in [2.75, 3.05) is 77.6 Å². The van der Waals surface area contributed by atoms with E-state index in [1.807, 2.05) is 27.9 Å². The van der Waals surface area contributed by atoms with E-state index in [9.17, 15) is 9.59 Å². The molecule has 0 rings (SSSR count). The molecule has 0 spiro atoms. The monoisotopic (exact) mass is 485 g/mol. The molecule has 3 N–H and O–H groups in total. The summed E-state index contributed by atoms with van der Waals surface area (Å²) in [6.07, 6.45) is -0.971. The van der Waals surface area contributed by atoms with Crippen molar-refractivity contribution < 1.29 is 28.1 Å². The molecule has 0 unspecified atom stereocenters. The lowest BCUT2D eigenvalue weighted by Gasteiger charge is -2.02. The molecular formula is C16H43N3O5S4. The zero-order chi connectivity index (χ0) is 21.9. The highest BCUT2D eigenvalue weighted by Crippen LogP contribution is 2.19. The molecule has 0 aliphatic heterocycles. The molecule has 1 amide bonds. The van der Waals surface area contributed by atoms with E-state index in [2.05, 4.69) is 30.2 Å². The number of rotatable bonds is 14. The van der Waals surface area contributed by atoms with Gasteiger partial charge in [0.15, 0.2) is 0 Å². The number of hydrogen-bond donors (Lipinski definition) is 3. The van der Waals surface area contributed by atoms with Crippen LogP contribution < -0.4 is 16.0 Å². The van der Waals surface area contributed by atoms with Crippen LogP contribution in [0, 0.1) is 0 Å². The summed E-state index contributed by atoms with van der Waals surface area (Å²) in [4.78, 5) is 21.1. The maximum absolute atomic E-state index is 10.6. The molecule has 0 aromatic carbocycles. The quantitative estimate of drug-likeness (QED) is 0.189. The number of carbonyl (C=O) groups is 2. The molecule has 0 saturated carbocycles. The molecule has 0 saturated heterocycles. The lowest BCUT2D eigenvalue weighted by atomic mass is 10.7. The Morgan fingerprint density at radius 2 is 1.25 bits per heavy atom. The second-order valence-electron chi connectivity index (χ2n) is 4.22. The van der Waals surface area contributed by atoms with Gasteiger partial charge in [-0.15, -0.1) is 0 Å². The van der Waals surface area contributed by atoms with Gasteiger partial charge >= 0.3 is 12.2 Å². The Labute approximate surface area is 190 Å². The van der Waals surface area contributed by atoms with Gasteiger partial charge < -0.3 is 30.2 Å². The van der Waals surface area contributed by atoms with Crippen LogP contribution >= 0.6 is 43.2 Å². The van der Waals surface area contributed by atoms with Gasteiger partial charge in [0.25, 0.3) is 0 Å². The molecule has 176 valence electrons. The molecule has 28 heavy (non-hydrogen) atoms. The van der Waals surface area contributed by atoms with Crippen molar-refractivity contribution in [3.05, 3.63) is 0 Å². The average molecular weight is 486 g/mol. The Hall–Kier alpha value is -0.140. The third kappa shape index (κ3) is 33.4. The number of carbonyl (C=O) groups excluding carboxylic acids is 2. The van der Waals surface area contributed by atoms with E-state index < -0.39 is 6.16 Å². The predicted molar refractivity (Wildman–Crippen MR) is 134 cm³/mol. The third-order valence-electron chi connectivity index (χ3n) is 2.23. The Bertz CT molecular complexity index is 317. The van der Waals surface area contributed by atoms with Crippen molar-refractivity contribution in [3.8, 4) is 0 Å². The molecule has 0 radical (unpaired) electrons. The first-order valence-electron chi connectivity index (χ1n) is 8.92. The van der Waals surface area contributed by atoms with Gasteiger partial charge in [-0.25, -0.2) is 9.59 Å². The van der Waals surface area contributed by atoms with Gasteiger partial charge in [0.2, 0.25) is 0 Å². The highest BCUT2D eigenvalue weighted by atomic mass is 33.1. The Morgan fingerprint density at radius 1 is 0.786 bits per heavy atom. The zero-order valence-electron chi connectivity index (χ0n) is 17.8. The molecular weight excluding hydrogens is 442 g/mol. The van der Waals surface area contributed by atoms with Gasteiger partial charge in [-0.3, -0.25) is 0 Å². The number of amides is 1. The standard InChI is InChI=1S/C7H16N2O2S2.C7H15NO3S2.C2H6.3H2/c1-8-3-5-12-13-6-4-9-7(10)11-2;1-8-3-5-12-13-6-4-11-7(9)10-2;1-2;;;/h8H,3-6H2,1-2H3,(H,9,10);8H,3-6H2,1-2H3;1-2H3;3*1H. The molecule has 8 nitrogen and oxygen atoms in total. The third-order valence-corrected chi connectivity index (χ3v) is 7.01. The van der Waals surface area contributed by atoms with Gasteiger partial charge in [-0.05, 0) is 14.1 Å². The van der Waals surface area contributed by atoms with E-state index in [1.165, 1.54) is 14.2 Å². The van der Waals surface area contributed by atoms with Crippen LogP contribution in [-0.2, 0) is 14.2 Å². The largest absolute Gasteiger partial charge is 0.508 e. The molecule has 0 aliphatic carbocycles. The van der Waals surface area contributed by atoms with Gasteiger partial charge in [0.1, 0.15) is 6.61 Å². The van der Waals surface area contributed by atoms with Crippen molar-refractivity contribution in [3.63, 3.8) is 0 Å². The smallest absolute Gasteiger partial charge is 0.453 e. The lowest BCUT2D eigenvalue weighted by molar-refractivity contribution is 0.0779. The number of methoxy groups -OCH3 is 2. The molecule has 0 atom stereocenters. The van der Waals surface area contributed by atoms with Crippen molar-refractivity contribution in [2.45, 2.75) is 13.8 Å². The van der Waals surface area contributed by atoms with Crippen molar-refractivity contribution in [2.24, 2.45) is 0 Å². The van der Waals surface area contributed by atoms with Gasteiger partial charge in [-0.1, -0.05) is 57.0 Å². The Kier molecular flexibility index (Phi) is 36.6. The highest BCUT2D eigenvalue weighted by molar-refractivity contribution is 8.77. The van der Waals surface area contributed by atoms with Gasteiger partial charge in [0, 0.05) is 46.9 Å². The number of nitrogens with one attached hydrogen (secondary N) is 3. The fourth-order valence-electron chi connectivity index (χ4n) is 1.01. The van der Waals surface area contributed by atoms with Crippen LogP contribution in [0.3, 0.4) is 0 Å². The van der Waals surface area contributed by atoms with Crippen molar-refractivity contribution >= 4 is 55.4 Å². The molecule has 0 aromatic heterocycles. The van der Waals surface area contributed by atoms with Crippen LogP contribution in [0.5, 0.6) is 0 Å². The minimum atomic E-state index is -0.610. The minimum absolute atomic E-state index is 0. The normalized spacial score (nSPS) is 9.21. The summed E-state index contributed by atoms with van der Waals surface area (Å²) in [7, 11) is 13.5. The van der Waals surface area contributed by atoms with Crippen LogP contribution in [0.4, 0.5) is 9.59 Å². The summed E-state index contributed by atoms with van der Waals surface area (Å²) in [5.74, 6) is 3.84. The molecule has 12 heteroatoms. The van der Waals surface area contributed by atoms with Crippen LogP contribution in [0.2, 0.25) is 0 Å². The molecule has 0 aliphatic rings. The average Bonchev–Trinajstić information content (AvgIpc) is 2.74. The summed E-state index contributed by atoms with van der Waals surface area (Å²) in [6, 6.07) is 0. The fourth-order valence-corrected chi connectivity index (χ4v) is 4.76. The zero-order valence-corrected chi connectivity index (χ0v) is 21.1. The summed E-state index contributed by atoms with van der Waals surface area (Å²) >= 11 is 0. The van der Waals surface area contributed by atoms with E-state index in [4.69, 9.17) is 0 Å². The summed E-state index contributed by atoms with van der Waals surface area (Å²) in [6.45, 7) is 7.07. The van der Waals surface area contributed by atoms with Gasteiger partial charge in [-0.2, -0.15) is 0 Å². The summed E-state index contributed by atoms with van der Waals surface area (Å²) < 4.78 is 13.4. The molecule has 0 aromatic rings. The Balaban J connectivity index is -0.0000000855. The number of ether oxygens (including phenoxy) is 3. The predicted octanol–water partition coefficient (Wildman–Crippen LogP) is 4.08. The SMILES string of the molecule is CC.CNCCSSCCNC(=O)OC.CNCCSSCCOC(=O)OC.[HH].[HH].[HH]. The first-order valence-corrected chi connectivity index (χ1v) is 13.9.